The summed E-state index contributed by atoms with van der Waals surface area (Å²) < 4.78 is 62.5. The summed E-state index contributed by atoms with van der Waals surface area (Å²) in [4.78, 5) is 36.0. The lowest BCUT2D eigenvalue weighted by Gasteiger charge is -2.24. The van der Waals surface area contributed by atoms with E-state index < -0.39 is 96.5 Å². The van der Waals surface area contributed by atoms with Crippen LogP contribution in [-0.2, 0) is 41.4 Å². The number of ether oxygens (including phenoxy) is 3. The molecule has 0 saturated carbocycles. The standard InChI is InChI=1S/C19H33N5O14P2/c20-15-1-2-24(19(27)23-15)18-3-9(26)13(36-18)7-32-39(28,29)38-11-5-17(22)35-14(11)8-33-40(30,31)37-10-4-16(21)34-12(10)6-25/h1-2,9-14,16-18,25-26H,3-8,21-22H2,(H,28,29)(H,30,31)(H2,20,23,27)/t9-,10-,11-,12+,13+,14+,16+,17+,18+/m0/s1. The van der Waals surface area contributed by atoms with Gasteiger partial charge in [0.15, 0.2) is 0 Å². The molecular weight excluding hydrogens is 584 g/mol. The first-order valence-corrected chi connectivity index (χ1v) is 15.2. The third kappa shape index (κ3) is 8.13. The lowest BCUT2D eigenvalue weighted by molar-refractivity contribution is -0.0537. The Morgan fingerprint density at radius 1 is 0.950 bits per heavy atom. The smallest absolute Gasteiger partial charge is 0.394 e. The van der Waals surface area contributed by atoms with E-state index in [1.54, 1.807) is 0 Å². The van der Waals surface area contributed by atoms with Gasteiger partial charge in [-0.3, -0.25) is 22.7 Å². The van der Waals surface area contributed by atoms with Gasteiger partial charge in [-0.2, -0.15) is 4.98 Å². The van der Waals surface area contributed by atoms with Crippen molar-refractivity contribution in [3.05, 3.63) is 22.7 Å². The van der Waals surface area contributed by atoms with Gasteiger partial charge in [-0.05, 0) is 6.07 Å². The van der Waals surface area contributed by atoms with Gasteiger partial charge in [-0.1, -0.05) is 0 Å². The Balaban J connectivity index is 1.28. The Morgan fingerprint density at radius 3 is 2.08 bits per heavy atom. The Bertz CT molecular complexity index is 1180. The van der Waals surface area contributed by atoms with Crippen molar-refractivity contribution in [1.82, 2.24) is 9.55 Å². The maximum absolute atomic E-state index is 12.6. The fourth-order valence-corrected chi connectivity index (χ4v) is 6.37. The highest BCUT2D eigenvalue weighted by Crippen LogP contribution is 2.50. The minimum atomic E-state index is -4.80. The fourth-order valence-electron chi connectivity index (χ4n) is 4.45. The summed E-state index contributed by atoms with van der Waals surface area (Å²) in [5.74, 6) is 0.00942. The lowest BCUT2D eigenvalue weighted by Crippen LogP contribution is -2.31. The van der Waals surface area contributed by atoms with E-state index in [9.17, 15) is 33.9 Å². The van der Waals surface area contributed by atoms with Crippen LogP contribution in [0, 0.1) is 0 Å². The number of nitrogens with zero attached hydrogens (tertiary/aromatic N) is 2. The molecule has 2 unspecified atom stereocenters. The van der Waals surface area contributed by atoms with Crippen LogP contribution in [0.25, 0.3) is 0 Å². The number of rotatable bonds is 12. The van der Waals surface area contributed by atoms with Gasteiger partial charge in [0.05, 0.1) is 25.9 Å². The average Bonchev–Trinajstić information content (AvgIpc) is 3.51. The Labute approximate surface area is 227 Å². The van der Waals surface area contributed by atoms with Crippen LogP contribution in [0.4, 0.5) is 5.82 Å². The van der Waals surface area contributed by atoms with E-state index in [0.29, 0.717) is 0 Å². The molecule has 4 rings (SSSR count). The lowest BCUT2D eigenvalue weighted by atomic mass is 10.2. The van der Waals surface area contributed by atoms with Gasteiger partial charge in [-0.25, -0.2) is 13.9 Å². The molecule has 3 aliphatic heterocycles. The summed E-state index contributed by atoms with van der Waals surface area (Å²) >= 11 is 0. The first kappa shape index (κ1) is 31.6. The Kier molecular flexibility index (Phi) is 10.1. The van der Waals surface area contributed by atoms with Crippen molar-refractivity contribution in [1.29, 1.82) is 0 Å². The van der Waals surface area contributed by atoms with E-state index in [0.717, 1.165) is 4.57 Å². The number of phosphoric acid groups is 2. The van der Waals surface area contributed by atoms with Crippen LogP contribution in [0.5, 0.6) is 0 Å². The molecular formula is C19H33N5O14P2. The highest BCUT2D eigenvalue weighted by atomic mass is 31.2. The number of aliphatic hydroxyl groups excluding tert-OH is 2. The molecule has 11 atom stereocenters. The second-order valence-corrected chi connectivity index (χ2v) is 12.2. The van der Waals surface area contributed by atoms with Gasteiger partial charge in [0.1, 0.15) is 55.0 Å². The van der Waals surface area contributed by atoms with Crippen molar-refractivity contribution in [2.45, 2.75) is 74.6 Å². The Morgan fingerprint density at radius 2 is 1.50 bits per heavy atom. The molecule has 0 radical (unpaired) electrons. The number of hydrogen-bond donors (Lipinski definition) is 7. The summed E-state index contributed by atoms with van der Waals surface area (Å²) in [5.41, 5.74) is 16.1. The molecule has 19 nitrogen and oxygen atoms in total. The van der Waals surface area contributed by atoms with Crippen LogP contribution in [0.15, 0.2) is 17.1 Å². The van der Waals surface area contributed by atoms with E-state index in [1.807, 2.05) is 0 Å². The molecule has 10 N–H and O–H groups in total. The van der Waals surface area contributed by atoms with Crippen LogP contribution in [0.2, 0.25) is 0 Å². The molecule has 0 amide bonds. The van der Waals surface area contributed by atoms with Crippen LogP contribution >= 0.6 is 15.6 Å². The number of aliphatic hydroxyl groups is 2. The zero-order chi connectivity index (χ0) is 29.2. The summed E-state index contributed by atoms with van der Waals surface area (Å²) in [6.07, 6.45) is -7.94. The van der Waals surface area contributed by atoms with Gasteiger partial charge >= 0.3 is 21.3 Å². The summed E-state index contributed by atoms with van der Waals surface area (Å²) in [6.45, 7) is -1.70. The van der Waals surface area contributed by atoms with Crippen LogP contribution < -0.4 is 22.9 Å². The molecule has 40 heavy (non-hydrogen) atoms. The van der Waals surface area contributed by atoms with Crippen molar-refractivity contribution < 1.29 is 61.4 Å². The summed E-state index contributed by atoms with van der Waals surface area (Å²) in [7, 11) is -9.51. The molecule has 3 fully saturated rings. The molecule has 3 saturated heterocycles. The van der Waals surface area contributed by atoms with Crippen LogP contribution in [-0.4, -0.2) is 98.5 Å². The average molecular weight is 617 g/mol. The highest BCUT2D eigenvalue weighted by molar-refractivity contribution is 7.47. The fraction of sp³-hybridized carbons (Fsp3) is 0.789. The largest absolute Gasteiger partial charge is 0.472 e. The molecule has 4 heterocycles. The molecule has 1 aromatic rings. The topological polar surface area (TPSA) is 293 Å². The second-order valence-electron chi connectivity index (χ2n) is 9.37. The number of hydrogen-bond acceptors (Lipinski definition) is 16. The van der Waals surface area contributed by atoms with Crippen molar-refractivity contribution in [2.75, 3.05) is 25.6 Å². The van der Waals surface area contributed by atoms with Gasteiger partial charge < -0.3 is 51.4 Å². The molecule has 0 aromatic carbocycles. The number of nitrogen functional groups attached to an aromatic ring is 1. The highest BCUT2D eigenvalue weighted by Gasteiger charge is 2.44. The number of anilines is 1. The van der Waals surface area contributed by atoms with Gasteiger partial charge in [0.25, 0.3) is 0 Å². The maximum atomic E-state index is 12.6. The normalized spacial score (nSPS) is 37.4. The molecule has 3 aliphatic rings. The van der Waals surface area contributed by atoms with Crippen LogP contribution in [0.1, 0.15) is 25.5 Å². The third-order valence-electron chi connectivity index (χ3n) is 6.34. The quantitative estimate of drug-likeness (QED) is 0.120. The van der Waals surface area contributed by atoms with Crippen molar-refractivity contribution in [3.8, 4) is 0 Å². The first-order valence-electron chi connectivity index (χ1n) is 12.2. The molecule has 228 valence electrons. The monoisotopic (exact) mass is 617 g/mol. The zero-order valence-corrected chi connectivity index (χ0v) is 22.8. The predicted octanol–water partition coefficient (Wildman–Crippen LogP) is -2.38. The second kappa shape index (κ2) is 12.9. The van der Waals surface area contributed by atoms with E-state index in [-0.39, 0.29) is 25.1 Å². The van der Waals surface area contributed by atoms with Gasteiger partial charge in [-0.15, -0.1) is 0 Å². The predicted molar refractivity (Wildman–Crippen MR) is 131 cm³/mol. The molecule has 1 aromatic heterocycles. The minimum Gasteiger partial charge on any atom is -0.394 e. The number of phosphoric ester groups is 2. The third-order valence-corrected chi connectivity index (χ3v) is 8.37. The van der Waals surface area contributed by atoms with Crippen molar-refractivity contribution in [2.24, 2.45) is 11.5 Å². The van der Waals surface area contributed by atoms with E-state index in [4.69, 9.17) is 49.5 Å². The Hall–Kier alpha value is -1.38. The van der Waals surface area contributed by atoms with Gasteiger partial charge in [0.2, 0.25) is 0 Å². The van der Waals surface area contributed by atoms with E-state index in [1.165, 1.54) is 12.3 Å². The first-order chi connectivity index (χ1) is 18.7. The van der Waals surface area contributed by atoms with E-state index in [2.05, 4.69) is 4.98 Å². The molecule has 0 aliphatic carbocycles. The zero-order valence-electron chi connectivity index (χ0n) is 21.0. The molecule has 0 bridgehead atoms. The summed E-state index contributed by atoms with van der Waals surface area (Å²) in [5, 5.41) is 19.6. The molecule has 21 heteroatoms. The van der Waals surface area contributed by atoms with Gasteiger partial charge in [0, 0.05) is 25.5 Å². The minimum absolute atomic E-state index is 0.00942. The number of aromatic nitrogens is 2. The van der Waals surface area contributed by atoms with Crippen LogP contribution in [0.3, 0.4) is 0 Å². The van der Waals surface area contributed by atoms with E-state index >= 15 is 0 Å². The SMILES string of the molecule is Nc1ccn([C@H]2C[C@H](O)[C@@H](COP(=O)(O)O[C@H]3C[C@H](N)O[C@@H]3COP(=O)(O)O[C@H]3C[C@H](N)O[C@@H]3CO)O2)c(=O)n1. The number of nitrogens with two attached hydrogens (primary N) is 3. The van der Waals surface area contributed by atoms with Crippen molar-refractivity contribution in [3.63, 3.8) is 0 Å². The summed E-state index contributed by atoms with van der Waals surface area (Å²) in [6, 6.07) is 1.37. The molecule has 0 spiro atoms. The van der Waals surface area contributed by atoms with Crippen molar-refractivity contribution >= 4 is 21.5 Å². The maximum Gasteiger partial charge on any atom is 0.472 e.